The molecule has 0 aromatic heterocycles. The maximum atomic E-state index is 3.63. The minimum absolute atomic E-state index is 0.633. The minimum Gasteiger partial charge on any atom is -0.313 e. The van der Waals surface area contributed by atoms with E-state index in [4.69, 9.17) is 0 Å². The Morgan fingerprint density at radius 1 is 1.44 bits per heavy atom. The molecular formula is C14H28N2. The van der Waals surface area contributed by atoms with E-state index in [1.807, 2.05) is 0 Å². The van der Waals surface area contributed by atoms with E-state index < -0.39 is 0 Å². The van der Waals surface area contributed by atoms with Crippen LogP contribution >= 0.6 is 0 Å². The van der Waals surface area contributed by atoms with Gasteiger partial charge in [-0.1, -0.05) is 13.8 Å². The average molecular weight is 224 g/mol. The number of rotatable bonds is 6. The quantitative estimate of drug-likeness (QED) is 0.746. The van der Waals surface area contributed by atoms with Crippen molar-refractivity contribution >= 4 is 0 Å². The van der Waals surface area contributed by atoms with Crippen molar-refractivity contribution in [1.82, 2.24) is 10.2 Å². The summed E-state index contributed by atoms with van der Waals surface area (Å²) >= 11 is 0. The van der Waals surface area contributed by atoms with E-state index >= 15 is 0 Å². The van der Waals surface area contributed by atoms with Crippen LogP contribution in [0.15, 0.2) is 0 Å². The number of nitrogens with zero attached hydrogens (tertiary/aromatic N) is 1. The van der Waals surface area contributed by atoms with Gasteiger partial charge in [-0.25, -0.2) is 0 Å². The van der Waals surface area contributed by atoms with Crippen molar-refractivity contribution in [1.29, 1.82) is 0 Å². The molecule has 0 radical (unpaired) electrons. The van der Waals surface area contributed by atoms with E-state index in [1.165, 1.54) is 51.7 Å². The zero-order valence-corrected chi connectivity index (χ0v) is 11.3. The van der Waals surface area contributed by atoms with Crippen molar-refractivity contribution in [3.8, 4) is 0 Å². The lowest BCUT2D eigenvalue weighted by atomic mass is 9.98. The summed E-state index contributed by atoms with van der Waals surface area (Å²) in [4.78, 5) is 2.73. The molecule has 2 rings (SSSR count). The first-order valence-corrected chi connectivity index (χ1v) is 7.13. The predicted octanol–water partition coefficient (Wildman–Crippen LogP) is 2.64. The van der Waals surface area contributed by atoms with Crippen LogP contribution in [0.4, 0.5) is 0 Å². The van der Waals surface area contributed by atoms with Crippen LogP contribution < -0.4 is 5.32 Å². The Labute approximate surface area is 101 Å². The molecule has 0 aromatic carbocycles. The average Bonchev–Trinajstić information content (AvgIpc) is 2.81. The van der Waals surface area contributed by atoms with Crippen LogP contribution in [-0.4, -0.2) is 36.6 Å². The van der Waals surface area contributed by atoms with Gasteiger partial charge >= 0.3 is 0 Å². The molecular weight excluding hydrogens is 196 g/mol. The summed E-state index contributed by atoms with van der Waals surface area (Å²) in [5, 5.41) is 3.63. The summed E-state index contributed by atoms with van der Waals surface area (Å²) in [5.41, 5.74) is 0.633. The van der Waals surface area contributed by atoms with Gasteiger partial charge in [0.15, 0.2) is 0 Å². The molecule has 0 amide bonds. The largest absolute Gasteiger partial charge is 0.313 e. The first-order valence-electron chi connectivity index (χ1n) is 7.13. The predicted molar refractivity (Wildman–Crippen MR) is 69.7 cm³/mol. The third kappa shape index (κ3) is 2.78. The fourth-order valence-electron chi connectivity index (χ4n) is 2.98. The van der Waals surface area contributed by atoms with Gasteiger partial charge in [-0.3, -0.25) is 4.90 Å². The van der Waals surface area contributed by atoms with Gasteiger partial charge in [-0.2, -0.15) is 0 Å². The molecule has 0 spiro atoms. The highest BCUT2D eigenvalue weighted by Crippen LogP contribution is 2.49. The molecule has 2 atom stereocenters. The van der Waals surface area contributed by atoms with Gasteiger partial charge in [0.25, 0.3) is 0 Å². The van der Waals surface area contributed by atoms with E-state index in [2.05, 4.69) is 31.0 Å². The van der Waals surface area contributed by atoms with Gasteiger partial charge in [-0.15, -0.1) is 0 Å². The first-order chi connectivity index (χ1) is 7.65. The normalized spacial score (nSPS) is 29.6. The van der Waals surface area contributed by atoms with Gasteiger partial charge in [0.1, 0.15) is 0 Å². The molecule has 1 aliphatic heterocycles. The van der Waals surface area contributed by atoms with Gasteiger partial charge in [0, 0.05) is 18.6 Å². The number of hydrogen-bond acceptors (Lipinski definition) is 2. The Morgan fingerprint density at radius 3 is 2.69 bits per heavy atom. The zero-order valence-electron chi connectivity index (χ0n) is 11.3. The molecule has 94 valence electrons. The Morgan fingerprint density at radius 2 is 2.19 bits per heavy atom. The van der Waals surface area contributed by atoms with Crippen LogP contribution in [0.5, 0.6) is 0 Å². The van der Waals surface area contributed by atoms with Crippen molar-refractivity contribution in [2.75, 3.05) is 19.6 Å². The zero-order chi connectivity index (χ0) is 11.6. The first kappa shape index (κ1) is 12.4. The standard InChI is InChI=1S/C14H28N2/c1-4-10-16(11-13-6-5-9-15-13)12(2)14(3)7-8-14/h12-13,15H,4-11H2,1-3H3. The third-order valence-electron chi connectivity index (χ3n) is 4.72. The summed E-state index contributed by atoms with van der Waals surface area (Å²) in [7, 11) is 0. The lowest BCUT2D eigenvalue weighted by Gasteiger charge is -2.35. The van der Waals surface area contributed by atoms with Crippen molar-refractivity contribution < 1.29 is 0 Å². The Balaban J connectivity index is 1.87. The molecule has 0 aromatic rings. The Kier molecular flexibility index (Phi) is 3.91. The van der Waals surface area contributed by atoms with Crippen molar-refractivity contribution in [2.24, 2.45) is 5.41 Å². The maximum absolute atomic E-state index is 3.63. The van der Waals surface area contributed by atoms with E-state index in [0.29, 0.717) is 5.41 Å². The SMILES string of the molecule is CCCN(CC1CCCN1)C(C)C1(C)CC1. The molecule has 1 heterocycles. The van der Waals surface area contributed by atoms with Crippen LogP contribution in [0.3, 0.4) is 0 Å². The van der Waals surface area contributed by atoms with Gasteiger partial charge in [0.2, 0.25) is 0 Å². The summed E-state index contributed by atoms with van der Waals surface area (Å²) in [6.45, 7) is 11.0. The van der Waals surface area contributed by atoms with Gasteiger partial charge in [0.05, 0.1) is 0 Å². The van der Waals surface area contributed by atoms with E-state index in [9.17, 15) is 0 Å². The van der Waals surface area contributed by atoms with Gasteiger partial charge in [-0.05, 0) is 57.5 Å². The molecule has 1 aliphatic carbocycles. The van der Waals surface area contributed by atoms with Crippen LogP contribution in [0, 0.1) is 5.41 Å². The molecule has 1 saturated carbocycles. The third-order valence-corrected chi connectivity index (χ3v) is 4.72. The lowest BCUT2D eigenvalue weighted by molar-refractivity contribution is 0.138. The summed E-state index contributed by atoms with van der Waals surface area (Å²) in [5.74, 6) is 0. The summed E-state index contributed by atoms with van der Waals surface area (Å²) < 4.78 is 0. The van der Waals surface area contributed by atoms with Crippen LogP contribution in [0.25, 0.3) is 0 Å². The van der Waals surface area contributed by atoms with Crippen molar-refractivity contribution in [3.05, 3.63) is 0 Å². The second-order valence-electron chi connectivity index (χ2n) is 6.12. The second kappa shape index (κ2) is 5.05. The molecule has 1 N–H and O–H groups in total. The Bertz CT molecular complexity index is 217. The molecule has 2 fully saturated rings. The molecule has 16 heavy (non-hydrogen) atoms. The topological polar surface area (TPSA) is 15.3 Å². The van der Waals surface area contributed by atoms with Crippen molar-refractivity contribution in [3.63, 3.8) is 0 Å². The fourth-order valence-corrected chi connectivity index (χ4v) is 2.98. The van der Waals surface area contributed by atoms with Crippen LogP contribution in [0.2, 0.25) is 0 Å². The van der Waals surface area contributed by atoms with Gasteiger partial charge < -0.3 is 5.32 Å². The maximum Gasteiger partial charge on any atom is 0.0195 e. The minimum atomic E-state index is 0.633. The Hall–Kier alpha value is -0.0800. The fraction of sp³-hybridized carbons (Fsp3) is 1.00. The molecule has 1 saturated heterocycles. The highest BCUT2D eigenvalue weighted by Gasteiger charge is 2.44. The summed E-state index contributed by atoms with van der Waals surface area (Å²) in [6.07, 6.45) is 6.91. The van der Waals surface area contributed by atoms with E-state index in [1.54, 1.807) is 0 Å². The molecule has 2 aliphatic rings. The van der Waals surface area contributed by atoms with Crippen molar-refractivity contribution in [2.45, 2.75) is 65.0 Å². The number of hydrogen-bond donors (Lipinski definition) is 1. The molecule has 2 nitrogen and oxygen atoms in total. The second-order valence-corrected chi connectivity index (χ2v) is 6.12. The van der Waals surface area contributed by atoms with Crippen LogP contribution in [0.1, 0.15) is 52.9 Å². The summed E-state index contributed by atoms with van der Waals surface area (Å²) in [6, 6.07) is 1.53. The molecule has 2 heteroatoms. The highest BCUT2D eigenvalue weighted by molar-refractivity contribution is 4.98. The van der Waals surface area contributed by atoms with E-state index in [0.717, 1.165) is 12.1 Å². The monoisotopic (exact) mass is 224 g/mol. The molecule has 0 bridgehead atoms. The van der Waals surface area contributed by atoms with E-state index in [-0.39, 0.29) is 0 Å². The highest BCUT2D eigenvalue weighted by atomic mass is 15.2. The lowest BCUT2D eigenvalue weighted by Crippen LogP contribution is -2.45. The van der Waals surface area contributed by atoms with Crippen LogP contribution in [-0.2, 0) is 0 Å². The smallest absolute Gasteiger partial charge is 0.0195 e. The molecule has 2 unspecified atom stereocenters. The number of nitrogens with one attached hydrogen (secondary N) is 1.